The highest BCUT2D eigenvalue weighted by molar-refractivity contribution is 6.31. The average Bonchev–Trinajstić information content (AvgIpc) is 2.99. The molecule has 0 aliphatic heterocycles. The molecular weight excluding hydrogens is 251 g/mol. The normalized spacial score (nSPS) is 18.2. The number of hydrogen-bond donors (Lipinski definition) is 1. The van der Waals surface area contributed by atoms with E-state index in [1.54, 1.807) is 0 Å². The SMILES string of the molecule is N[C@H](CC1CC1)c1c(Cl)cccc1C(F)(F)F. The molecule has 2 rings (SSSR count). The van der Waals surface area contributed by atoms with Crippen LogP contribution in [0.2, 0.25) is 5.02 Å². The van der Waals surface area contributed by atoms with Crippen molar-refractivity contribution in [1.82, 2.24) is 0 Å². The maximum atomic E-state index is 12.8. The molecule has 1 aromatic rings. The van der Waals surface area contributed by atoms with Gasteiger partial charge < -0.3 is 5.73 Å². The van der Waals surface area contributed by atoms with Crippen LogP contribution in [0.4, 0.5) is 13.2 Å². The van der Waals surface area contributed by atoms with E-state index < -0.39 is 17.8 Å². The van der Waals surface area contributed by atoms with E-state index in [0.717, 1.165) is 18.9 Å². The maximum Gasteiger partial charge on any atom is 0.416 e. The molecule has 5 heteroatoms. The molecule has 2 N–H and O–H groups in total. The largest absolute Gasteiger partial charge is 0.416 e. The molecule has 0 spiro atoms. The lowest BCUT2D eigenvalue weighted by molar-refractivity contribution is -0.138. The molecule has 94 valence electrons. The predicted octanol–water partition coefficient (Wildman–Crippen LogP) is 4.16. The molecule has 0 heterocycles. The standard InChI is InChI=1S/C12H13ClF3N/c13-9-3-1-2-8(12(14,15)16)11(9)10(17)6-7-4-5-7/h1-3,7,10H,4-6,17H2/t10-/m1/s1. The van der Waals surface area contributed by atoms with Gasteiger partial charge in [-0.05, 0) is 30.0 Å². The van der Waals surface area contributed by atoms with Gasteiger partial charge in [-0.2, -0.15) is 13.2 Å². The molecular formula is C12H13ClF3N. The predicted molar refractivity (Wildman–Crippen MR) is 60.7 cm³/mol. The Morgan fingerprint density at radius 2 is 2.00 bits per heavy atom. The highest BCUT2D eigenvalue weighted by Gasteiger charge is 2.36. The highest BCUT2D eigenvalue weighted by atomic mass is 35.5. The van der Waals surface area contributed by atoms with Crippen LogP contribution in [0.1, 0.15) is 36.4 Å². The zero-order valence-electron chi connectivity index (χ0n) is 9.10. The minimum Gasteiger partial charge on any atom is -0.324 e. The van der Waals surface area contributed by atoms with Gasteiger partial charge in [0.2, 0.25) is 0 Å². The Kier molecular flexibility index (Phi) is 3.36. The lowest BCUT2D eigenvalue weighted by Gasteiger charge is -2.19. The van der Waals surface area contributed by atoms with Crippen molar-refractivity contribution in [1.29, 1.82) is 0 Å². The Labute approximate surface area is 103 Å². The number of alkyl halides is 3. The first-order valence-corrected chi connectivity index (χ1v) is 5.88. The van der Waals surface area contributed by atoms with Crippen molar-refractivity contribution < 1.29 is 13.2 Å². The second kappa shape index (κ2) is 4.50. The molecule has 0 bridgehead atoms. The van der Waals surface area contributed by atoms with Gasteiger partial charge in [-0.15, -0.1) is 0 Å². The van der Waals surface area contributed by atoms with Crippen LogP contribution in [-0.4, -0.2) is 0 Å². The quantitative estimate of drug-likeness (QED) is 0.871. The Bertz CT molecular complexity index is 413. The van der Waals surface area contributed by atoms with E-state index in [1.165, 1.54) is 12.1 Å². The summed E-state index contributed by atoms with van der Waals surface area (Å²) in [5.41, 5.74) is 5.18. The van der Waals surface area contributed by atoms with Crippen LogP contribution < -0.4 is 5.73 Å². The monoisotopic (exact) mass is 263 g/mol. The third-order valence-electron chi connectivity index (χ3n) is 3.01. The fourth-order valence-corrected chi connectivity index (χ4v) is 2.31. The topological polar surface area (TPSA) is 26.0 Å². The van der Waals surface area contributed by atoms with Crippen LogP contribution in [0.5, 0.6) is 0 Å². The fourth-order valence-electron chi connectivity index (χ4n) is 1.99. The number of nitrogens with two attached hydrogens (primary N) is 1. The molecule has 1 saturated carbocycles. The number of rotatable bonds is 3. The summed E-state index contributed by atoms with van der Waals surface area (Å²) in [7, 11) is 0. The first-order valence-electron chi connectivity index (χ1n) is 5.50. The van der Waals surface area contributed by atoms with Crippen molar-refractivity contribution in [3.05, 3.63) is 34.3 Å². The summed E-state index contributed by atoms with van der Waals surface area (Å²) >= 11 is 5.85. The smallest absolute Gasteiger partial charge is 0.324 e. The Balaban J connectivity index is 2.35. The van der Waals surface area contributed by atoms with Gasteiger partial charge in [-0.1, -0.05) is 30.5 Å². The number of benzene rings is 1. The summed E-state index contributed by atoms with van der Waals surface area (Å²) in [5.74, 6) is 0.461. The highest BCUT2D eigenvalue weighted by Crippen LogP contribution is 2.42. The van der Waals surface area contributed by atoms with Gasteiger partial charge in [0.15, 0.2) is 0 Å². The average molecular weight is 264 g/mol. The van der Waals surface area contributed by atoms with E-state index in [-0.39, 0.29) is 10.6 Å². The molecule has 17 heavy (non-hydrogen) atoms. The molecule has 0 radical (unpaired) electrons. The number of hydrogen-bond acceptors (Lipinski definition) is 1. The van der Waals surface area contributed by atoms with Crippen molar-refractivity contribution >= 4 is 11.6 Å². The molecule has 1 aromatic carbocycles. The first kappa shape index (κ1) is 12.7. The van der Waals surface area contributed by atoms with E-state index in [9.17, 15) is 13.2 Å². The summed E-state index contributed by atoms with van der Waals surface area (Å²) in [6, 6.07) is 3.17. The summed E-state index contributed by atoms with van der Waals surface area (Å²) in [5, 5.41) is 0.105. The Morgan fingerprint density at radius 1 is 1.35 bits per heavy atom. The fraction of sp³-hybridized carbons (Fsp3) is 0.500. The third kappa shape index (κ3) is 2.93. The van der Waals surface area contributed by atoms with E-state index in [2.05, 4.69) is 0 Å². The molecule has 1 aliphatic rings. The number of halogens is 4. The summed E-state index contributed by atoms with van der Waals surface area (Å²) < 4.78 is 38.5. The summed E-state index contributed by atoms with van der Waals surface area (Å²) in [4.78, 5) is 0. The lowest BCUT2D eigenvalue weighted by Crippen LogP contribution is -2.18. The van der Waals surface area contributed by atoms with Crippen molar-refractivity contribution in [3.63, 3.8) is 0 Å². The van der Waals surface area contributed by atoms with E-state index in [0.29, 0.717) is 12.3 Å². The van der Waals surface area contributed by atoms with Gasteiger partial charge >= 0.3 is 6.18 Å². The third-order valence-corrected chi connectivity index (χ3v) is 3.34. The second-order valence-electron chi connectivity index (χ2n) is 4.48. The van der Waals surface area contributed by atoms with Gasteiger partial charge in [0.05, 0.1) is 5.56 Å². The van der Waals surface area contributed by atoms with Crippen molar-refractivity contribution in [2.24, 2.45) is 11.7 Å². The minimum absolute atomic E-state index is 0.0357. The maximum absolute atomic E-state index is 12.8. The summed E-state index contributed by atoms with van der Waals surface area (Å²) in [6.45, 7) is 0. The van der Waals surface area contributed by atoms with Crippen LogP contribution in [0.25, 0.3) is 0 Å². The molecule has 1 nitrogen and oxygen atoms in total. The summed E-state index contributed by atoms with van der Waals surface area (Å²) in [6.07, 6.45) is -1.72. The van der Waals surface area contributed by atoms with Crippen LogP contribution in [0.15, 0.2) is 18.2 Å². The molecule has 0 amide bonds. The minimum atomic E-state index is -4.40. The Hall–Kier alpha value is -0.740. The van der Waals surface area contributed by atoms with Gasteiger partial charge in [-0.3, -0.25) is 0 Å². The van der Waals surface area contributed by atoms with Crippen molar-refractivity contribution in [2.45, 2.75) is 31.5 Å². The molecule has 0 unspecified atom stereocenters. The van der Waals surface area contributed by atoms with Crippen LogP contribution in [-0.2, 0) is 6.18 Å². The van der Waals surface area contributed by atoms with Gasteiger partial charge in [0.25, 0.3) is 0 Å². The van der Waals surface area contributed by atoms with E-state index >= 15 is 0 Å². The van der Waals surface area contributed by atoms with Gasteiger partial charge in [-0.25, -0.2) is 0 Å². The second-order valence-corrected chi connectivity index (χ2v) is 4.89. The lowest BCUT2D eigenvalue weighted by atomic mass is 9.96. The van der Waals surface area contributed by atoms with Crippen molar-refractivity contribution in [2.75, 3.05) is 0 Å². The van der Waals surface area contributed by atoms with Crippen LogP contribution in [0.3, 0.4) is 0 Å². The molecule has 0 aromatic heterocycles. The molecule has 1 atom stereocenters. The molecule has 1 aliphatic carbocycles. The van der Waals surface area contributed by atoms with Gasteiger partial charge in [0, 0.05) is 11.1 Å². The van der Waals surface area contributed by atoms with Crippen LogP contribution >= 0.6 is 11.6 Å². The first-order chi connectivity index (χ1) is 7.89. The zero-order valence-corrected chi connectivity index (χ0v) is 9.85. The molecule has 0 saturated heterocycles. The zero-order chi connectivity index (χ0) is 12.6. The van der Waals surface area contributed by atoms with Crippen molar-refractivity contribution in [3.8, 4) is 0 Å². The molecule has 1 fully saturated rings. The van der Waals surface area contributed by atoms with E-state index in [4.69, 9.17) is 17.3 Å². The van der Waals surface area contributed by atoms with Crippen LogP contribution in [0, 0.1) is 5.92 Å². The van der Waals surface area contributed by atoms with E-state index in [1.807, 2.05) is 0 Å². The van der Waals surface area contributed by atoms with Gasteiger partial charge in [0.1, 0.15) is 0 Å². The Morgan fingerprint density at radius 3 is 2.53 bits per heavy atom.